The molecular weight excluding hydrogens is 297 g/mol. The van der Waals surface area contributed by atoms with Crippen LogP contribution in [0.2, 0.25) is 10.0 Å². The molecule has 6 heteroatoms. The first-order valence-corrected chi connectivity index (χ1v) is 7.06. The van der Waals surface area contributed by atoms with Gasteiger partial charge in [-0.05, 0) is 31.5 Å². The molecule has 2 aromatic rings. The van der Waals surface area contributed by atoms with Gasteiger partial charge in [0.15, 0.2) is 0 Å². The second-order valence-electron chi connectivity index (χ2n) is 4.43. The molecule has 1 aromatic heterocycles. The number of aromatic nitrogens is 2. The van der Waals surface area contributed by atoms with Crippen LogP contribution < -0.4 is 5.32 Å². The lowest BCUT2D eigenvalue weighted by molar-refractivity contribution is 0.0952. The van der Waals surface area contributed by atoms with Gasteiger partial charge in [0.1, 0.15) is 0 Å². The number of amides is 1. The van der Waals surface area contributed by atoms with Crippen LogP contribution in [0.3, 0.4) is 0 Å². The van der Waals surface area contributed by atoms with Crippen LogP contribution in [-0.4, -0.2) is 22.2 Å². The van der Waals surface area contributed by atoms with E-state index in [1.54, 1.807) is 18.2 Å². The SMILES string of the molecule is Cc1ccn(CCCNC(=O)c2cccc(Cl)c2Cl)n1. The summed E-state index contributed by atoms with van der Waals surface area (Å²) in [5.74, 6) is -0.214. The minimum atomic E-state index is -0.214. The largest absolute Gasteiger partial charge is 0.352 e. The first-order valence-electron chi connectivity index (χ1n) is 6.30. The molecule has 2 rings (SSSR count). The summed E-state index contributed by atoms with van der Waals surface area (Å²) in [4.78, 5) is 12.0. The molecule has 0 aliphatic carbocycles. The highest BCUT2D eigenvalue weighted by Crippen LogP contribution is 2.25. The number of nitrogens with zero attached hydrogens (tertiary/aromatic N) is 2. The Hall–Kier alpha value is -1.52. The van der Waals surface area contributed by atoms with Crippen LogP contribution in [-0.2, 0) is 6.54 Å². The lowest BCUT2D eigenvalue weighted by atomic mass is 10.2. The van der Waals surface area contributed by atoms with Gasteiger partial charge in [-0.3, -0.25) is 9.48 Å². The predicted octanol–water partition coefficient (Wildman–Crippen LogP) is 3.32. The van der Waals surface area contributed by atoms with Crippen LogP contribution in [0.15, 0.2) is 30.5 Å². The minimum Gasteiger partial charge on any atom is -0.352 e. The van der Waals surface area contributed by atoms with Crippen molar-refractivity contribution in [3.63, 3.8) is 0 Å². The lowest BCUT2D eigenvalue weighted by Gasteiger charge is -2.07. The van der Waals surface area contributed by atoms with Gasteiger partial charge in [-0.15, -0.1) is 0 Å². The first-order chi connectivity index (χ1) is 9.58. The van der Waals surface area contributed by atoms with Gasteiger partial charge in [-0.1, -0.05) is 29.3 Å². The highest BCUT2D eigenvalue weighted by atomic mass is 35.5. The fourth-order valence-electron chi connectivity index (χ4n) is 1.81. The van der Waals surface area contributed by atoms with Crippen LogP contribution in [0.5, 0.6) is 0 Å². The Morgan fingerprint density at radius 3 is 2.85 bits per heavy atom. The van der Waals surface area contributed by atoms with Crippen LogP contribution in [0, 0.1) is 6.92 Å². The molecule has 0 aliphatic rings. The molecule has 1 heterocycles. The smallest absolute Gasteiger partial charge is 0.252 e. The Morgan fingerprint density at radius 2 is 2.15 bits per heavy atom. The predicted molar refractivity (Wildman–Crippen MR) is 80.4 cm³/mol. The van der Waals surface area contributed by atoms with E-state index in [1.807, 2.05) is 23.9 Å². The van der Waals surface area contributed by atoms with Crippen molar-refractivity contribution in [2.75, 3.05) is 6.54 Å². The zero-order valence-electron chi connectivity index (χ0n) is 11.1. The first kappa shape index (κ1) is 14.9. The Balaban J connectivity index is 1.82. The molecule has 1 aromatic carbocycles. The fraction of sp³-hybridized carbons (Fsp3) is 0.286. The highest BCUT2D eigenvalue weighted by Gasteiger charge is 2.11. The molecule has 0 spiro atoms. The molecule has 20 heavy (non-hydrogen) atoms. The molecular formula is C14H15Cl2N3O. The summed E-state index contributed by atoms with van der Waals surface area (Å²) in [7, 11) is 0. The van der Waals surface area contributed by atoms with Crippen molar-refractivity contribution >= 4 is 29.1 Å². The van der Waals surface area contributed by atoms with E-state index in [9.17, 15) is 4.79 Å². The second kappa shape index (κ2) is 6.77. The van der Waals surface area contributed by atoms with Crippen molar-refractivity contribution < 1.29 is 4.79 Å². The molecule has 0 radical (unpaired) electrons. The second-order valence-corrected chi connectivity index (χ2v) is 5.22. The monoisotopic (exact) mass is 311 g/mol. The van der Waals surface area contributed by atoms with Gasteiger partial charge >= 0.3 is 0 Å². The van der Waals surface area contributed by atoms with Gasteiger partial charge < -0.3 is 5.32 Å². The Morgan fingerprint density at radius 1 is 1.35 bits per heavy atom. The van der Waals surface area contributed by atoms with E-state index in [-0.39, 0.29) is 10.9 Å². The molecule has 0 unspecified atom stereocenters. The van der Waals surface area contributed by atoms with Gasteiger partial charge in [0.2, 0.25) is 0 Å². The maximum Gasteiger partial charge on any atom is 0.252 e. The quantitative estimate of drug-likeness (QED) is 0.861. The molecule has 4 nitrogen and oxygen atoms in total. The third kappa shape index (κ3) is 3.74. The summed E-state index contributed by atoms with van der Waals surface area (Å²) < 4.78 is 1.86. The van der Waals surface area contributed by atoms with Crippen LogP contribution in [0.4, 0.5) is 0 Å². The number of hydrogen-bond acceptors (Lipinski definition) is 2. The average molecular weight is 312 g/mol. The third-order valence-electron chi connectivity index (χ3n) is 2.82. The number of rotatable bonds is 5. The molecule has 1 N–H and O–H groups in total. The van der Waals surface area contributed by atoms with Crippen molar-refractivity contribution in [3.8, 4) is 0 Å². The Bertz CT molecular complexity index is 610. The van der Waals surface area contributed by atoms with E-state index >= 15 is 0 Å². The number of aryl methyl sites for hydroxylation is 2. The topological polar surface area (TPSA) is 46.9 Å². The van der Waals surface area contributed by atoms with Crippen molar-refractivity contribution in [1.82, 2.24) is 15.1 Å². The number of benzene rings is 1. The van der Waals surface area contributed by atoms with E-state index in [1.165, 1.54) is 0 Å². The third-order valence-corrected chi connectivity index (χ3v) is 3.64. The van der Waals surface area contributed by atoms with Gasteiger partial charge in [-0.25, -0.2) is 0 Å². The number of hydrogen-bond donors (Lipinski definition) is 1. The van der Waals surface area contributed by atoms with E-state index in [0.717, 1.165) is 18.7 Å². The number of carbonyl (C=O) groups is 1. The average Bonchev–Trinajstić information content (AvgIpc) is 2.83. The number of carbonyl (C=O) groups excluding carboxylic acids is 1. The Labute approximate surface area is 127 Å². The lowest BCUT2D eigenvalue weighted by Crippen LogP contribution is -2.25. The standard InChI is InChI=1S/C14H15Cl2N3O/c1-10-6-9-19(18-10)8-3-7-17-14(20)11-4-2-5-12(15)13(11)16/h2,4-6,9H,3,7-8H2,1H3,(H,17,20). The maximum absolute atomic E-state index is 12.0. The van der Waals surface area contributed by atoms with Gasteiger partial charge in [-0.2, -0.15) is 5.10 Å². The zero-order valence-corrected chi connectivity index (χ0v) is 12.6. The summed E-state index contributed by atoms with van der Waals surface area (Å²) >= 11 is 11.9. The summed E-state index contributed by atoms with van der Waals surface area (Å²) in [6.07, 6.45) is 2.72. The van der Waals surface area contributed by atoms with Gasteiger partial charge in [0, 0.05) is 19.3 Å². The molecule has 0 bridgehead atoms. The van der Waals surface area contributed by atoms with Gasteiger partial charge in [0.05, 0.1) is 21.3 Å². The molecule has 1 amide bonds. The molecule has 0 aliphatic heterocycles. The van der Waals surface area contributed by atoms with Crippen LogP contribution >= 0.6 is 23.2 Å². The fourth-order valence-corrected chi connectivity index (χ4v) is 2.19. The summed E-state index contributed by atoms with van der Waals surface area (Å²) in [5, 5.41) is 7.76. The normalized spacial score (nSPS) is 10.6. The van der Waals surface area contributed by atoms with Crippen LogP contribution in [0.1, 0.15) is 22.5 Å². The van der Waals surface area contributed by atoms with Gasteiger partial charge in [0.25, 0.3) is 5.91 Å². The van der Waals surface area contributed by atoms with Crippen molar-refractivity contribution in [1.29, 1.82) is 0 Å². The van der Waals surface area contributed by atoms with E-state index in [2.05, 4.69) is 10.4 Å². The van der Waals surface area contributed by atoms with Crippen molar-refractivity contribution in [3.05, 3.63) is 51.8 Å². The molecule has 0 fully saturated rings. The van der Waals surface area contributed by atoms with Crippen molar-refractivity contribution in [2.45, 2.75) is 19.9 Å². The van der Waals surface area contributed by atoms with E-state index in [0.29, 0.717) is 17.1 Å². The van der Waals surface area contributed by atoms with E-state index < -0.39 is 0 Å². The zero-order chi connectivity index (χ0) is 14.5. The summed E-state index contributed by atoms with van der Waals surface area (Å²) in [5.41, 5.74) is 1.38. The van der Waals surface area contributed by atoms with E-state index in [4.69, 9.17) is 23.2 Å². The highest BCUT2D eigenvalue weighted by molar-refractivity contribution is 6.43. The number of halogens is 2. The Kier molecular flexibility index (Phi) is 5.04. The number of nitrogens with one attached hydrogen (secondary N) is 1. The summed E-state index contributed by atoms with van der Waals surface area (Å²) in [6, 6.07) is 6.96. The molecule has 106 valence electrons. The molecule has 0 atom stereocenters. The van der Waals surface area contributed by atoms with Crippen molar-refractivity contribution in [2.24, 2.45) is 0 Å². The molecule has 0 saturated carbocycles. The summed E-state index contributed by atoms with van der Waals surface area (Å²) in [6.45, 7) is 3.26. The minimum absolute atomic E-state index is 0.214. The molecule has 0 saturated heterocycles. The van der Waals surface area contributed by atoms with Crippen LogP contribution in [0.25, 0.3) is 0 Å². The maximum atomic E-state index is 12.0.